The zero-order chi connectivity index (χ0) is 8.27. The van der Waals surface area contributed by atoms with Gasteiger partial charge in [-0.25, -0.2) is 5.41 Å². The van der Waals surface area contributed by atoms with Crippen molar-refractivity contribution in [2.24, 2.45) is 4.99 Å². The molecule has 0 bridgehead atoms. The lowest BCUT2D eigenvalue weighted by atomic mass is 10.3. The molecule has 0 atom stereocenters. The lowest BCUT2D eigenvalue weighted by molar-refractivity contribution is 0.405. The summed E-state index contributed by atoms with van der Waals surface area (Å²) < 4.78 is 0. The number of phenolic OH excluding ortho intramolecular Hbond substituents is 2. The van der Waals surface area contributed by atoms with Crippen molar-refractivity contribution in [2.45, 2.75) is 0 Å². The van der Waals surface area contributed by atoms with E-state index >= 15 is 0 Å². The van der Waals surface area contributed by atoms with E-state index < -0.39 is 0 Å². The predicted molar refractivity (Wildman–Crippen MR) is 39.6 cm³/mol. The number of aliphatic imine (C=N–C) groups is 1. The summed E-state index contributed by atoms with van der Waals surface area (Å²) in [6.45, 7) is 0. The van der Waals surface area contributed by atoms with E-state index in [4.69, 9.17) is 15.6 Å². The molecule has 1 rings (SSSR count). The molecule has 0 amide bonds. The molecule has 0 aliphatic heterocycles. The third kappa shape index (κ3) is 1.36. The molecule has 0 unspecified atom stereocenters. The molecule has 0 aliphatic rings. The molecule has 1 aromatic carbocycles. The minimum Gasteiger partial charge on any atom is -0.504 e. The van der Waals surface area contributed by atoms with E-state index in [-0.39, 0.29) is 17.2 Å². The first-order valence-corrected chi connectivity index (χ1v) is 2.89. The molecule has 0 heterocycles. The molecule has 11 heavy (non-hydrogen) atoms. The van der Waals surface area contributed by atoms with Gasteiger partial charge in [0.25, 0.3) is 0 Å². The Morgan fingerprint density at radius 3 is 2.73 bits per heavy atom. The van der Waals surface area contributed by atoms with E-state index in [1.165, 1.54) is 18.2 Å². The van der Waals surface area contributed by atoms with Crippen LogP contribution in [-0.4, -0.2) is 16.2 Å². The second-order valence-corrected chi connectivity index (χ2v) is 1.87. The lowest BCUT2D eigenvalue weighted by Crippen LogP contribution is -1.68. The number of hydrogen-bond acceptors (Lipinski definition) is 4. The summed E-state index contributed by atoms with van der Waals surface area (Å²) in [4.78, 5) is 3.37. The number of aromatic hydroxyl groups is 2. The van der Waals surface area contributed by atoms with E-state index in [9.17, 15) is 0 Å². The van der Waals surface area contributed by atoms with Crippen LogP contribution in [0.25, 0.3) is 0 Å². The molecule has 0 spiro atoms. The predicted octanol–water partition coefficient (Wildman–Crippen LogP) is 1.48. The van der Waals surface area contributed by atoms with E-state index in [0.717, 1.165) is 0 Å². The van der Waals surface area contributed by atoms with Gasteiger partial charge in [-0.3, -0.25) is 0 Å². The highest BCUT2D eigenvalue weighted by Gasteiger charge is 2.02. The standard InChI is InChI=1S/C7H6N2O2/c8-4-9-5-2-1-3-6(10)7(5)11/h1-3,8,10-11H. The van der Waals surface area contributed by atoms with Gasteiger partial charge in [0, 0.05) is 0 Å². The number of nitrogens with one attached hydrogen (secondary N) is 1. The summed E-state index contributed by atoms with van der Waals surface area (Å²) >= 11 is 0. The van der Waals surface area contributed by atoms with E-state index in [0.29, 0.717) is 0 Å². The highest BCUT2D eigenvalue weighted by Crippen LogP contribution is 2.33. The quantitative estimate of drug-likeness (QED) is 0.419. The van der Waals surface area contributed by atoms with Crippen molar-refractivity contribution in [3.63, 3.8) is 0 Å². The molecule has 4 heteroatoms. The van der Waals surface area contributed by atoms with Gasteiger partial charge in [0.15, 0.2) is 11.5 Å². The van der Waals surface area contributed by atoms with Gasteiger partial charge in [0.05, 0.1) is 6.01 Å². The van der Waals surface area contributed by atoms with Crippen molar-refractivity contribution >= 4 is 11.7 Å². The van der Waals surface area contributed by atoms with E-state index in [1.54, 1.807) is 6.01 Å². The Balaban J connectivity index is 3.26. The fraction of sp³-hybridized carbons (Fsp3) is 0. The van der Waals surface area contributed by atoms with Gasteiger partial charge in [0.1, 0.15) is 5.69 Å². The van der Waals surface area contributed by atoms with Crippen LogP contribution in [0.3, 0.4) is 0 Å². The smallest absolute Gasteiger partial charge is 0.184 e. The summed E-state index contributed by atoms with van der Waals surface area (Å²) in [7, 11) is 0. The zero-order valence-electron chi connectivity index (χ0n) is 5.57. The molecule has 1 aromatic rings. The molecular weight excluding hydrogens is 144 g/mol. The first kappa shape index (κ1) is 7.31. The first-order chi connectivity index (χ1) is 5.25. The second-order valence-electron chi connectivity index (χ2n) is 1.87. The third-order valence-corrected chi connectivity index (χ3v) is 1.17. The van der Waals surface area contributed by atoms with Gasteiger partial charge in [-0.05, 0) is 12.1 Å². The van der Waals surface area contributed by atoms with Crippen molar-refractivity contribution in [2.75, 3.05) is 0 Å². The Hall–Kier alpha value is -1.80. The van der Waals surface area contributed by atoms with Crippen LogP contribution in [0, 0.1) is 5.41 Å². The summed E-state index contributed by atoms with van der Waals surface area (Å²) in [5, 5.41) is 24.5. The monoisotopic (exact) mass is 150 g/mol. The molecule has 0 saturated heterocycles. The first-order valence-electron chi connectivity index (χ1n) is 2.89. The molecule has 0 saturated carbocycles. The van der Waals surface area contributed by atoms with Gasteiger partial charge >= 0.3 is 0 Å². The van der Waals surface area contributed by atoms with E-state index in [2.05, 4.69) is 4.99 Å². The Kier molecular flexibility index (Phi) is 1.90. The molecule has 4 nitrogen and oxygen atoms in total. The number of rotatable bonds is 1. The largest absolute Gasteiger partial charge is 0.504 e. The minimum absolute atomic E-state index is 0.139. The molecule has 0 fully saturated rings. The normalized spacial score (nSPS) is 8.73. The number of benzene rings is 1. The van der Waals surface area contributed by atoms with E-state index in [1.807, 2.05) is 0 Å². The van der Waals surface area contributed by atoms with Crippen LogP contribution in [0.2, 0.25) is 0 Å². The topological polar surface area (TPSA) is 76.7 Å². The minimum atomic E-state index is -0.327. The second kappa shape index (κ2) is 2.86. The molecule has 0 radical (unpaired) electrons. The van der Waals surface area contributed by atoms with Crippen molar-refractivity contribution in [3.8, 4) is 11.5 Å². The van der Waals surface area contributed by atoms with Crippen LogP contribution in [0.5, 0.6) is 11.5 Å². The summed E-state index contributed by atoms with van der Waals surface area (Å²) in [6.07, 6.45) is 0. The third-order valence-electron chi connectivity index (χ3n) is 1.17. The lowest BCUT2D eigenvalue weighted by Gasteiger charge is -1.97. The highest BCUT2D eigenvalue weighted by molar-refractivity contribution is 5.62. The van der Waals surface area contributed by atoms with Gasteiger partial charge in [0.2, 0.25) is 0 Å². The zero-order valence-corrected chi connectivity index (χ0v) is 5.57. The molecule has 3 N–H and O–H groups in total. The van der Waals surface area contributed by atoms with Crippen LogP contribution in [-0.2, 0) is 0 Å². The van der Waals surface area contributed by atoms with Crippen molar-refractivity contribution < 1.29 is 10.2 Å². The van der Waals surface area contributed by atoms with Crippen molar-refractivity contribution in [1.82, 2.24) is 0 Å². The van der Waals surface area contributed by atoms with Crippen LogP contribution in [0.4, 0.5) is 5.69 Å². The maximum atomic E-state index is 9.06. The average Bonchev–Trinajstić information content (AvgIpc) is 1.99. The van der Waals surface area contributed by atoms with Crippen LogP contribution in [0.1, 0.15) is 0 Å². The molecule has 0 aromatic heterocycles. The molecule has 0 aliphatic carbocycles. The van der Waals surface area contributed by atoms with Crippen LogP contribution in [0.15, 0.2) is 23.2 Å². The van der Waals surface area contributed by atoms with Gasteiger partial charge in [-0.1, -0.05) is 6.07 Å². The number of nitrogens with zero attached hydrogens (tertiary/aromatic N) is 1. The Morgan fingerprint density at radius 1 is 1.36 bits per heavy atom. The maximum absolute atomic E-state index is 9.06. The Labute approximate surface area is 63.0 Å². The van der Waals surface area contributed by atoms with Crippen molar-refractivity contribution in [3.05, 3.63) is 18.2 Å². The summed E-state index contributed by atoms with van der Waals surface area (Å²) in [5.41, 5.74) is 0.139. The fourth-order valence-corrected chi connectivity index (χ4v) is 0.670. The molecule has 56 valence electrons. The average molecular weight is 150 g/mol. The number of phenols is 2. The Morgan fingerprint density at radius 2 is 2.09 bits per heavy atom. The summed E-state index contributed by atoms with van der Waals surface area (Å²) in [5.74, 6) is -0.575. The highest BCUT2D eigenvalue weighted by atomic mass is 16.3. The van der Waals surface area contributed by atoms with Gasteiger partial charge in [-0.2, -0.15) is 4.99 Å². The Bertz CT molecular complexity index is 316. The van der Waals surface area contributed by atoms with Crippen LogP contribution < -0.4 is 0 Å². The fourth-order valence-electron chi connectivity index (χ4n) is 0.670. The van der Waals surface area contributed by atoms with Gasteiger partial charge in [-0.15, -0.1) is 0 Å². The number of hydrogen-bond donors (Lipinski definition) is 3. The molecular formula is C7H6N2O2. The maximum Gasteiger partial charge on any atom is 0.184 e. The number of para-hydroxylation sites is 1. The van der Waals surface area contributed by atoms with Crippen LogP contribution >= 0.6 is 0 Å². The van der Waals surface area contributed by atoms with Gasteiger partial charge < -0.3 is 10.2 Å². The van der Waals surface area contributed by atoms with Crippen molar-refractivity contribution in [1.29, 1.82) is 5.41 Å². The summed E-state index contributed by atoms with van der Waals surface area (Å²) in [6, 6.07) is 6.08. The SMILES string of the molecule is N=C=Nc1cccc(O)c1O.